The molecule has 1 aliphatic rings. The van der Waals surface area contributed by atoms with Gasteiger partial charge >= 0.3 is 0 Å². The van der Waals surface area contributed by atoms with Crippen LogP contribution in [0.1, 0.15) is 19.3 Å². The second kappa shape index (κ2) is 3.49. The van der Waals surface area contributed by atoms with E-state index in [2.05, 4.69) is 23.1 Å². The first-order valence-corrected chi connectivity index (χ1v) is 4.60. The van der Waals surface area contributed by atoms with Crippen molar-refractivity contribution in [2.75, 3.05) is 18.0 Å². The molecule has 0 atom stereocenters. The van der Waals surface area contributed by atoms with Crippen LogP contribution < -0.4 is 4.90 Å². The summed E-state index contributed by atoms with van der Waals surface area (Å²) in [5.74, 6) is 0. The SMILES string of the molecule is c1cccc(N2CCCCC2)c#1. The Morgan fingerprint density at radius 2 is 2.00 bits per heavy atom. The van der Waals surface area contributed by atoms with Crippen molar-refractivity contribution in [3.8, 4) is 0 Å². The van der Waals surface area contributed by atoms with Gasteiger partial charge in [0.15, 0.2) is 0 Å². The summed E-state index contributed by atoms with van der Waals surface area (Å²) in [4.78, 5) is 2.39. The largest absolute Gasteiger partial charge is 0.365 e. The maximum Gasteiger partial charge on any atom is 0.0883 e. The molecule has 0 aromatic heterocycles. The summed E-state index contributed by atoms with van der Waals surface area (Å²) in [7, 11) is 0. The van der Waals surface area contributed by atoms with Gasteiger partial charge in [-0.15, -0.1) is 0 Å². The molecule has 2 rings (SSSR count). The van der Waals surface area contributed by atoms with E-state index in [0.717, 1.165) is 0 Å². The highest BCUT2D eigenvalue weighted by Crippen LogP contribution is 2.16. The van der Waals surface area contributed by atoms with Crippen molar-refractivity contribution in [1.29, 1.82) is 0 Å². The summed E-state index contributed by atoms with van der Waals surface area (Å²) in [5.41, 5.74) is 1.21. The fraction of sp³-hybridized carbons (Fsp3) is 0.455. The van der Waals surface area contributed by atoms with Gasteiger partial charge in [-0.05, 0) is 37.5 Å². The fourth-order valence-corrected chi connectivity index (χ4v) is 1.66. The van der Waals surface area contributed by atoms with E-state index in [0.29, 0.717) is 0 Å². The summed E-state index contributed by atoms with van der Waals surface area (Å²) in [5, 5.41) is 0. The average molecular weight is 159 g/mol. The highest BCUT2D eigenvalue weighted by Gasteiger charge is 2.09. The Hall–Kier alpha value is -1.16. The molecule has 0 N–H and O–H groups in total. The van der Waals surface area contributed by atoms with Crippen LogP contribution in [0.25, 0.3) is 0 Å². The number of piperidine rings is 1. The fourth-order valence-electron chi connectivity index (χ4n) is 1.66. The van der Waals surface area contributed by atoms with Crippen LogP contribution in [0.4, 0.5) is 5.69 Å². The monoisotopic (exact) mass is 159 g/mol. The van der Waals surface area contributed by atoms with E-state index in [4.69, 9.17) is 0 Å². The van der Waals surface area contributed by atoms with E-state index in [1.807, 2.05) is 12.1 Å². The lowest BCUT2D eigenvalue weighted by molar-refractivity contribution is 0.578. The highest BCUT2D eigenvalue weighted by molar-refractivity contribution is 5.42. The molecular formula is C11H13N. The maximum atomic E-state index is 3.14. The molecule has 62 valence electrons. The zero-order valence-electron chi connectivity index (χ0n) is 7.21. The standard InChI is InChI=1S/C11H13N/c1-3-7-11(8-4-1)12-9-5-2-6-10-12/h1,3,7H,2,5-6,9-10H2. The third kappa shape index (κ3) is 1.53. The minimum absolute atomic E-state index is 1.19. The Kier molecular flexibility index (Phi) is 2.18. The minimum atomic E-state index is 1.19. The predicted molar refractivity (Wildman–Crippen MR) is 50.2 cm³/mol. The first-order valence-electron chi connectivity index (χ1n) is 4.60. The summed E-state index contributed by atoms with van der Waals surface area (Å²) >= 11 is 0. The Morgan fingerprint density at radius 1 is 1.17 bits per heavy atom. The van der Waals surface area contributed by atoms with Crippen molar-refractivity contribution in [2.24, 2.45) is 0 Å². The molecule has 0 bridgehead atoms. The van der Waals surface area contributed by atoms with Crippen molar-refractivity contribution >= 4 is 5.69 Å². The lowest BCUT2D eigenvalue weighted by Crippen LogP contribution is -2.28. The third-order valence-corrected chi connectivity index (χ3v) is 2.33. The summed E-state index contributed by atoms with van der Waals surface area (Å²) in [6.07, 6.45) is 4.03. The van der Waals surface area contributed by atoms with Gasteiger partial charge in [-0.2, -0.15) is 0 Å². The molecule has 0 amide bonds. The molecule has 1 nitrogen and oxygen atoms in total. The van der Waals surface area contributed by atoms with Gasteiger partial charge in [0, 0.05) is 13.1 Å². The molecule has 1 aliphatic heterocycles. The number of rotatable bonds is 1. The van der Waals surface area contributed by atoms with Crippen LogP contribution in [0.5, 0.6) is 0 Å². The van der Waals surface area contributed by atoms with Crippen LogP contribution in [0, 0.1) is 12.1 Å². The van der Waals surface area contributed by atoms with Crippen molar-refractivity contribution < 1.29 is 0 Å². The number of anilines is 1. The van der Waals surface area contributed by atoms with Crippen LogP contribution in [-0.4, -0.2) is 13.1 Å². The Labute approximate surface area is 74.0 Å². The van der Waals surface area contributed by atoms with E-state index in [1.165, 1.54) is 38.0 Å². The van der Waals surface area contributed by atoms with Gasteiger partial charge in [0.1, 0.15) is 0 Å². The van der Waals surface area contributed by atoms with E-state index < -0.39 is 0 Å². The number of nitrogens with zero attached hydrogens (tertiary/aromatic N) is 1. The van der Waals surface area contributed by atoms with Crippen LogP contribution in [0.2, 0.25) is 0 Å². The molecule has 12 heavy (non-hydrogen) atoms. The Morgan fingerprint density at radius 3 is 2.67 bits per heavy atom. The van der Waals surface area contributed by atoms with Crippen LogP contribution >= 0.6 is 0 Å². The minimum Gasteiger partial charge on any atom is -0.365 e. The van der Waals surface area contributed by atoms with Crippen molar-refractivity contribution in [2.45, 2.75) is 19.3 Å². The first kappa shape index (κ1) is 7.49. The number of hydrogen-bond donors (Lipinski definition) is 0. The van der Waals surface area contributed by atoms with Gasteiger partial charge < -0.3 is 4.90 Å². The van der Waals surface area contributed by atoms with Crippen molar-refractivity contribution in [3.05, 3.63) is 30.3 Å². The summed E-state index contributed by atoms with van der Waals surface area (Å²) < 4.78 is 0. The average Bonchev–Trinajstić information content (AvgIpc) is 2.21. The molecule has 0 spiro atoms. The first-order chi connectivity index (χ1) is 5.97. The van der Waals surface area contributed by atoms with E-state index in [9.17, 15) is 0 Å². The quantitative estimate of drug-likeness (QED) is 0.607. The molecular weight excluding hydrogens is 146 g/mol. The van der Waals surface area contributed by atoms with Gasteiger partial charge in [0.05, 0.1) is 5.69 Å². The highest BCUT2D eigenvalue weighted by atomic mass is 15.1. The molecule has 0 unspecified atom stereocenters. The normalized spacial score (nSPS) is 17.2. The van der Waals surface area contributed by atoms with Crippen LogP contribution in [-0.2, 0) is 0 Å². The summed E-state index contributed by atoms with van der Waals surface area (Å²) in [6.45, 7) is 2.38. The third-order valence-electron chi connectivity index (χ3n) is 2.33. The molecule has 1 fully saturated rings. The van der Waals surface area contributed by atoms with Gasteiger partial charge in [0.25, 0.3) is 0 Å². The molecule has 1 heterocycles. The molecule has 0 aliphatic carbocycles. The Balaban J connectivity index is 2.08. The molecule has 1 saturated heterocycles. The molecule has 1 aromatic rings. The second-order valence-electron chi connectivity index (χ2n) is 3.23. The van der Waals surface area contributed by atoms with Crippen LogP contribution in [0.15, 0.2) is 18.2 Å². The maximum absolute atomic E-state index is 3.14. The lowest BCUT2D eigenvalue weighted by atomic mass is 10.1. The van der Waals surface area contributed by atoms with Gasteiger partial charge in [-0.1, -0.05) is 12.1 Å². The zero-order chi connectivity index (χ0) is 8.23. The molecule has 0 saturated carbocycles. The molecule has 1 aromatic carbocycles. The van der Waals surface area contributed by atoms with Gasteiger partial charge in [0.2, 0.25) is 0 Å². The lowest BCUT2D eigenvalue weighted by Gasteiger charge is -2.27. The predicted octanol–water partition coefficient (Wildman–Crippen LogP) is 2.28. The zero-order valence-corrected chi connectivity index (χ0v) is 7.21. The van der Waals surface area contributed by atoms with Crippen molar-refractivity contribution in [3.63, 3.8) is 0 Å². The van der Waals surface area contributed by atoms with Gasteiger partial charge in [-0.25, -0.2) is 0 Å². The van der Waals surface area contributed by atoms with E-state index in [-0.39, 0.29) is 0 Å². The number of hydrogen-bond acceptors (Lipinski definition) is 1. The topological polar surface area (TPSA) is 3.24 Å². The Bertz CT molecular complexity index is 224. The second-order valence-corrected chi connectivity index (χ2v) is 3.23. The van der Waals surface area contributed by atoms with E-state index >= 15 is 0 Å². The smallest absolute Gasteiger partial charge is 0.0883 e. The molecule has 0 radical (unpaired) electrons. The van der Waals surface area contributed by atoms with Crippen molar-refractivity contribution in [1.82, 2.24) is 0 Å². The van der Waals surface area contributed by atoms with Gasteiger partial charge in [-0.3, -0.25) is 0 Å². The van der Waals surface area contributed by atoms with E-state index in [1.54, 1.807) is 0 Å². The molecule has 1 heteroatoms. The summed E-state index contributed by atoms with van der Waals surface area (Å²) in [6, 6.07) is 12.2. The van der Waals surface area contributed by atoms with Crippen LogP contribution in [0.3, 0.4) is 0 Å².